The van der Waals surface area contributed by atoms with Gasteiger partial charge in [0.15, 0.2) is 0 Å². The van der Waals surface area contributed by atoms with E-state index in [0.717, 1.165) is 31.4 Å². The topological polar surface area (TPSA) is 78.4 Å². The number of benzene rings is 1. The van der Waals surface area contributed by atoms with Gasteiger partial charge in [0.05, 0.1) is 0 Å². The Labute approximate surface area is 118 Å². The Hall–Kier alpha value is -1.88. The fourth-order valence-electron chi connectivity index (χ4n) is 2.55. The summed E-state index contributed by atoms with van der Waals surface area (Å²) in [5.41, 5.74) is 1.52. The second-order valence-electron chi connectivity index (χ2n) is 5.02. The lowest BCUT2D eigenvalue weighted by atomic mass is 9.96. The maximum Gasteiger partial charge on any atom is 0.322 e. The van der Waals surface area contributed by atoms with E-state index in [-0.39, 0.29) is 18.5 Å². The van der Waals surface area contributed by atoms with Gasteiger partial charge in [-0.3, -0.25) is 9.59 Å². The van der Waals surface area contributed by atoms with E-state index in [0.29, 0.717) is 5.56 Å². The minimum atomic E-state index is -1.04. The van der Waals surface area contributed by atoms with E-state index in [9.17, 15) is 9.59 Å². The van der Waals surface area contributed by atoms with E-state index < -0.39 is 5.97 Å². The third kappa shape index (κ3) is 3.81. The van der Waals surface area contributed by atoms with Gasteiger partial charge in [-0.25, -0.2) is 0 Å². The Morgan fingerprint density at radius 1 is 1.25 bits per heavy atom. The van der Waals surface area contributed by atoms with Crippen LogP contribution in [0.1, 0.15) is 47.6 Å². The molecule has 108 valence electrons. The number of carbonyl (C=O) groups excluding carboxylic acids is 1. The molecule has 1 saturated heterocycles. The molecule has 0 saturated carbocycles. The van der Waals surface area contributed by atoms with Crippen LogP contribution in [0.25, 0.3) is 0 Å². The molecule has 0 aliphatic carbocycles. The van der Waals surface area contributed by atoms with Gasteiger partial charge in [0.2, 0.25) is 0 Å². The SMILES string of the molecule is O=C(O)CNC(=O)c1ccccc1C1CCCCCN1. The summed E-state index contributed by atoms with van der Waals surface area (Å²) in [6, 6.07) is 7.58. The number of nitrogens with one attached hydrogen (secondary N) is 2. The second kappa shape index (κ2) is 7.05. The summed E-state index contributed by atoms with van der Waals surface area (Å²) in [7, 11) is 0. The van der Waals surface area contributed by atoms with E-state index in [1.807, 2.05) is 12.1 Å². The van der Waals surface area contributed by atoms with Crippen LogP contribution in [-0.4, -0.2) is 30.1 Å². The van der Waals surface area contributed by atoms with Crippen LogP contribution < -0.4 is 10.6 Å². The lowest BCUT2D eigenvalue weighted by Crippen LogP contribution is -2.31. The van der Waals surface area contributed by atoms with E-state index in [4.69, 9.17) is 5.11 Å². The van der Waals surface area contributed by atoms with Crippen LogP contribution in [0.3, 0.4) is 0 Å². The van der Waals surface area contributed by atoms with Crippen LogP contribution in [0.2, 0.25) is 0 Å². The molecule has 0 bridgehead atoms. The van der Waals surface area contributed by atoms with Gasteiger partial charge in [-0.15, -0.1) is 0 Å². The normalized spacial score (nSPS) is 19.1. The first-order chi connectivity index (χ1) is 9.68. The van der Waals surface area contributed by atoms with Crippen LogP contribution in [0.5, 0.6) is 0 Å². The van der Waals surface area contributed by atoms with Crippen LogP contribution in [0.4, 0.5) is 0 Å². The first-order valence-corrected chi connectivity index (χ1v) is 7.01. The van der Waals surface area contributed by atoms with Gasteiger partial charge in [0.25, 0.3) is 5.91 Å². The first-order valence-electron chi connectivity index (χ1n) is 7.01. The maximum absolute atomic E-state index is 12.1. The lowest BCUT2D eigenvalue weighted by Gasteiger charge is -2.19. The second-order valence-corrected chi connectivity index (χ2v) is 5.02. The van der Waals surface area contributed by atoms with Crippen molar-refractivity contribution >= 4 is 11.9 Å². The third-order valence-corrected chi connectivity index (χ3v) is 3.54. The van der Waals surface area contributed by atoms with Crippen molar-refractivity contribution in [1.29, 1.82) is 0 Å². The number of hydrogen-bond acceptors (Lipinski definition) is 3. The molecule has 0 radical (unpaired) electrons. The number of carboxylic acids is 1. The van der Waals surface area contributed by atoms with Crippen molar-refractivity contribution in [3.8, 4) is 0 Å². The molecule has 1 fully saturated rings. The Kier molecular flexibility index (Phi) is 5.12. The summed E-state index contributed by atoms with van der Waals surface area (Å²) >= 11 is 0. The van der Waals surface area contributed by atoms with Crippen LogP contribution in [0.15, 0.2) is 24.3 Å². The van der Waals surface area contributed by atoms with Crippen LogP contribution >= 0.6 is 0 Å². The highest BCUT2D eigenvalue weighted by atomic mass is 16.4. The molecule has 1 aromatic carbocycles. The van der Waals surface area contributed by atoms with Crippen molar-refractivity contribution in [2.24, 2.45) is 0 Å². The van der Waals surface area contributed by atoms with Gasteiger partial charge in [-0.2, -0.15) is 0 Å². The van der Waals surface area contributed by atoms with Crippen LogP contribution in [-0.2, 0) is 4.79 Å². The molecule has 1 amide bonds. The monoisotopic (exact) mass is 276 g/mol. The molecular formula is C15H20N2O3. The third-order valence-electron chi connectivity index (χ3n) is 3.54. The number of amides is 1. The van der Waals surface area contributed by atoms with E-state index in [1.165, 1.54) is 6.42 Å². The van der Waals surface area contributed by atoms with Gasteiger partial charge in [-0.05, 0) is 31.0 Å². The zero-order valence-electron chi connectivity index (χ0n) is 11.4. The molecule has 5 heteroatoms. The summed E-state index contributed by atoms with van der Waals surface area (Å²) < 4.78 is 0. The molecule has 0 spiro atoms. The highest BCUT2D eigenvalue weighted by Gasteiger charge is 2.20. The van der Waals surface area contributed by atoms with Crippen molar-refractivity contribution in [3.63, 3.8) is 0 Å². The molecule has 20 heavy (non-hydrogen) atoms. The lowest BCUT2D eigenvalue weighted by molar-refractivity contribution is -0.135. The predicted molar refractivity (Wildman–Crippen MR) is 75.6 cm³/mol. The minimum Gasteiger partial charge on any atom is -0.480 e. The summed E-state index contributed by atoms with van der Waals surface area (Å²) in [5.74, 6) is -1.36. The maximum atomic E-state index is 12.1. The Balaban J connectivity index is 2.16. The highest BCUT2D eigenvalue weighted by molar-refractivity contribution is 5.97. The van der Waals surface area contributed by atoms with E-state index in [2.05, 4.69) is 10.6 Å². The van der Waals surface area contributed by atoms with Gasteiger partial charge < -0.3 is 15.7 Å². The van der Waals surface area contributed by atoms with Crippen molar-refractivity contribution < 1.29 is 14.7 Å². The molecule has 3 N–H and O–H groups in total. The van der Waals surface area contributed by atoms with E-state index in [1.54, 1.807) is 12.1 Å². The molecule has 1 unspecified atom stereocenters. The Morgan fingerprint density at radius 2 is 2.05 bits per heavy atom. The minimum absolute atomic E-state index is 0.171. The van der Waals surface area contributed by atoms with Crippen molar-refractivity contribution in [3.05, 3.63) is 35.4 Å². The largest absolute Gasteiger partial charge is 0.480 e. The first kappa shape index (κ1) is 14.5. The zero-order valence-corrected chi connectivity index (χ0v) is 11.4. The van der Waals surface area contributed by atoms with Gasteiger partial charge in [0, 0.05) is 11.6 Å². The van der Waals surface area contributed by atoms with Crippen molar-refractivity contribution in [2.75, 3.05) is 13.1 Å². The van der Waals surface area contributed by atoms with Crippen molar-refractivity contribution in [1.82, 2.24) is 10.6 Å². The molecule has 2 rings (SSSR count). The molecule has 1 aliphatic rings. The fraction of sp³-hybridized carbons (Fsp3) is 0.467. The number of rotatable bonds is 4. The number of aliphatic carboxylic acids is 1. The summed E-state index contributed by atoms with van der Waals surface area (Å²) in [4.78, 5) is 22.6. The summed E-state index contributed by atoms with van der Waals surface area (Å²) in [5, 5.41) is 14.5. The van der Waals surface area contributed by atoms with Gasteiger partial charge in [0.1, 0.15) is 6.54 Å². The number of hydrogen-bond donors (Lipinski definition) is 3. The molecule has 1 heterocycles. The quantitative estimate of drug-likeness (QED) is 0.782. The molecule has 0 aromatic heterocycles. The number of carboxylic acid groups (broad SMARTS) is 1. The molecular weight excluding hydrogens is 256 g/mol. The average molecular weight is 276 g/mol. The van der Waals surface area contributed by atoms with Crippen molar-refractivity contribution in [2.45, 2.75) is 31.7 Å². The van der Waals surface area contributed by atoms with Gasteiger partial charge in [-0.1, -0.05) is 31.0 Å². The fourth-order valence-corrected chi connectivity index (χ4v) is 2.55. The molecule has 1 aromatic rings. The molecule has 1 atom stereocenters. The average Bonchev–Trinajstić information content (AvgIpc) is 2.73. The summed E-state index contributed by atoms with van der Waals surface area (Å²) in [6.07, 6.45) is 4.51. The molecule has 1 aliphatic heterocycles. The van der Waals surface area contributed by atoms with Gasteiger partial charge >= 0.3 is 5.97 Å². The Morgan fingerprint density at radius 3 is 2.85 bits per heavy atom. The number of carbonyl (C=O) groups is 2. The predicted octanol–water partition coefficient (Wildman–Crippen LogP) is 1.71. The highest BCUT2D eigenvalue weighted by Crippen LogP contribution is 2.25. The standard InChI is InChI=1S/C15H20N2O3/c18-14(19)10-17-15(20)12-7-4-3-6-11(12)13-8-2-1-5-9-16-13/h3-4,6-7,13,16H,1-2,5,8-10H2,(H,17,20)(H,18,19). The Bertz CT molecular complexity index is 480. The van der Waals surface area contributed by atoms with Crippen LogP contribution in [0, 0.1) is 0 Å². The summed E-state index contributed by atoms with van der Waals surface area (Å²) in [6.45, 7) is 0.598. The van der Waals surface area contributed by atoms with E-state index >= 15 is 0 Å². The smallest absolute Gasteiger partial charge is 0.322 e. The zero-order chi connectivity index (χ0) is 14.4. The molecule has 5 nitrogen and oxygen atoms in total.